The van der Waals surface area contributed by atoms with Gasteiger partial charge in [-0.05, 0) is 118 Å². The van der Waals surface area contributed by atoms with Gasteiger partial charge in [-0.1, -0.05) is 130 Å². The van der Waals surface area contributed by atoms with Crippen molar-refractivity contribution in [2.75, 3.05) is 5.32 Å². The van der Waals surface area contributed by atoms with E-state index in [-0.39, 0.29) is 5.41 Å². The van der Waals surface area contributed by atoms with Gasteiger partial charge in [0, 0.05) is 27.7 Å². The fourth-order valence-electron chi connectivity index (χ4n) is 10.7. The van der Waals surface area contributed by atoms with Crippen LogP contribution in [0.15, 0.2) is 126 Å². The van der Waals surface area contributed by atoms with E-state index in [1.54, 1.807) is 0 Å². The third kappa shape index (κ3) is 4.35. The van der Waals surface area contributed by atoms with Crippen molar-refractivity contribution in [1.29, 1.82) is 0 Å². The number of hydrogen-bond donors (Lipinski definition) is 1. The van der Waals surface area contributed by atoms with Gasteiger partial charge >= 0.3 is 0 Å². The molecule has 0 unspecified atom stereocenters. The molecule has 0 atom stereocenters. The highest BCUT2D eigenvalue weighted by Crippen LogP contribution is 2.64. The molecule has 2 nitrogen and oxygen atoms in total. The molecule has 0 radical (unpaired) electrons. The molecule has 6 aromatic carbocycles. The summed E-state index contributed by atoms with van der Waals surface area (Å²) in [5, 5.41) is 6.23. The molecule has 4 aliphatic carbocycles. The minimum Gasteiger partial charge on any atom is -0.456 e. The second-order valence-electron chi connectivity index (χ2n) is 15.7. The third-order valence-electron chi connectivity index (χ3n) is 13.1. The zero-order valence-corrected chi connectivity index (χ0v) is 29.2. The molecule has 1 N–H and O–H groups in total. The van der Waals surface area contributed by atoms with Crippen molar-refractivity contribution in [3.63, 3.8) is 0 Å². The van der Waals surface area contributed by atoms with E-state index in [1.807, 2.05) is 6.07 Å². The Balaban J connectivity index is 1.13. The van der Waals surface area contributed by atoms with E-state index < -0.39 is 0 Å². The van der Waals surface area contributed by atoms with Crippen LogP contribution in [-0.2, 0) is 5.41 Å². The molecule has 1 spiro atoms. The Morgan fingerprint density at radius 2 is 1.10 bits per heavy atom. The molecule has 250 valence electrons. The first-order valence-electron chi connectivity index (χ1n) is 19.5. The number of nitrogens with one attached hydrogen (secondary N) is 1. The summed E-state index contributed by atoms with van der Waals surface area (Å²) in [7, 11) is 0. The predicted octanol–water partition coefficient (Wildman–Crippen LogP) is 13.8. The summed E-state index contributed by atoms with van der Waals surface area (Å²) < 4.78 is 6.19. The maximum absolute atomic E-state index is 6.19. The summed E-state index contributed by atoms with van der Waals surface area (Å²) in [6, 6.07) is 46.4. The summed E-state index contributed by atoms with van der Waals surface area (Å²) in [4.78, 5) is 0. The molecule has 11 rings (SSSR count). The summed E-state index contributed by atoms with van der Waals surface area (Å²) in [5.74, 6) is 1.31. The minimum absolute atomic E-state index is 0.353. The summed E-state index contributed by atoms with van der Waals surface area (Å²) in [6.07, 6.45) is 13.4. The fourth-order valence-corrected chi connectivity index (χ4v) is 10.7. The molecule has 2 fully saturated rings. The smallest absolute Gasteiger partial charge is 0.135 e. The number of anilines is 2. The van der Waals surface area contributed by atoms with Crippen molar-refractivity contribution in [2.45, 2.75) is 81.5 Å². The number of hydrogen-bond acceptors (Lipinski definition) is 2. The zero-order valence-electron chi connectivity index (χ0n) is 29.2. The first kappa shape index (κ1) is 29.6. The molecular weight excluding hydrogens is 619 g/mol. The highest BCUT2D eigenvalue weighted by molar-refractivity contribution is 6.06. The van der Waals surface area contributed by atoms with Crippen LogP contribution in [0.5, 0.6) is 0 Å². The quantitative estimate of drug-likeness (QED) is 0.203. The Hall–Kier alpha value is -5.08. The highest BCUT2D eigenvalue weighted by Gasteiger charge is 2.52. The molecule has 4 aliphatic rings. The van der Waals surface area contributed by atoms with Gasteiger partial charge in [-0.15, -0.1) is 0 Å². The Bertz CT molecular complexity index is 2420. The summed E-state index contributed by atoms with van der Waals surface area (Å²) >= 11 is 0. The molecule has 7 aromatic rings. The van der Waals surface area contributed by atoms with E-state index in [9.17, 15) is 0 Å². The average molecular weight is 662 g/mol. The van der Waals surface area contributed by atoms with Crippen molar-refractivity contribution in [2.24, 2.45) is 0 Å². The average Bonchev–Trinajstić information content (AvgIpc) is 3.82. The Labute approximate surface area is 300 Å². The second-order valence-corrected chi connectivity index (χ2v) is 15.7. The first-order valence-corrected chi connectivity index (χ1v) is 19.5. The van der Waals surface area contributed by atoms with Crippen molar-refractivity contribution < 1.29 is 4.42 Å². The summed E-state index contributed by atoms with van der Waals surface area (Å²) in [5.41, 5.74) is 18.1. The van der Waals surface area contributed by atoms with E-state index in [0.29, 0.717) is 11.8 Å². The standard InChI is InChI=1S/C49H43NO/c1-3-12-31(13-4-1)33-22-25-36-37-26-23-34(32-14-5-2-6-15-32)29-44(37)49(43(36)28-33)41-18-9-7-17-39(41)48-42(49)19-11-20-45(48)50-35-24-27-47-40(30-35)38-16-8-10-21-46(38)51-47/h7-11,16-32,50H,1-6,12-15H2. The molecule has 0 bridgehead atoms. The van der Waals surface area contributed by atoms with Gasteiger partial charge < -0.3 is 9.73 Å². The van der Waals surface area contributed by atoms with Crippen LogP contribution in [0.25, 0.3) is 44.2 Å². The molecule has 1 aromatic heterocycles. The number of benzene rings is 6. The molecule has 0 aliphatic heterocycles. The number of fused-ring (bicyclic) bond motifs is 13. The van der Waals surface area contributed by atoms with Gasteiger partial charge in [-0.2, -0.15) is 0 Å². The van der Waals surface area contributed by atoms with Crippen LogP contribution in [0.4, 0.5) is 11.4 Å². The lowest BCUT2D eigenvalue weighted by Crippen LogP contribution is -2.26. The van der Waals surface area contributed by atoms with Crippen molar-refractivity contribution in [3.05, 3.63) is 155 Å². The van der Waals surface area contributed by atoms with Crippen molar-refractivity contribution >= 4 is 33.3 Å². The Morgan fingerprint density at radius 3 is 1.82 bits per heavy atom. The van der Waals surface area contributed by atoms with Gasteiger partial charge in [0.2, 0.25) is 0 Å². The van der Waals surface area contributed by atoms with Gasteiger partial charge in [-0.3, -0.25) is 0 Å². The van der Waals surface area contributed by atoms with Crippen LogP contribution >= 0.6 is 0 Å². The molecule has 0 saturated heterocycles. The Kier molecular flexibility index (Phi) is 6.66. The molecule has 2 heteroatoms. The maximum Gasteiger partial charge on any atom is 0.135 e. The molecule has 51 heavy (non-hydrogen) atoms. The first-order chi connectivity index (χ1) is 25.3. The van der Waals surface area contributed by atoms with Gasteiger partial charge in [0.15, 0.2) is 0 Å². The van der Waals surface area contributed by atoms with E-state index in [2.05, 4.69) is 121 Å². The van der Waals surface area contributed by atoms with E-state index in [4.69, 9.17) is 4.42 Å². The lowest BCUT2D eigenvalue weighted by molar-refractivity contribution is 0.443. The second kappa shape index (κ2) is 11.5. The molecular formula is C49H43NO. The molecule has 2 saturated carbocycles. The van der Waals surface area contributed by atoms with E-state index in [1.165, 1.54) is 120 Å². The van der Waals surface area contributed by atoms with E-state index in [0.717, 1.165) is 33.3 Å². The number of rotatable bonds is 4. The molecule has 0 amide bonds. The normalized spacial score (nSPS) is 17.8. The van der Waals surface area contributed by atoms with Crippen LogP contribution in [-0.4, -0.2) is 0 Å². The minimum atomic E-state index is -0.353. The van der Waals surface area contributed by atoms with Crippen LogP contribution in [0.2, 0.25) is 0 Å². The lowest BCUT2D eigenvalue weighted by atomic mass is 9.69. The Morgan fingerprint density at radius 1 is 0.471 bits per heavy atom. The predicted molar refractivity (Wildman–Crippen MR) is 211 cm³/mol. The number of para-hydroxylation sites is 1. The van der Waals surface area contributed by atoms with Gasteiger partial charge in [0.25, 0.3) is 0 Å². The molecule has 1 heterocycles. The maximum atomic E-state index is 6.19. The van der Waals surface area contributed by atoms with E-state index >= 15 is 0 Å². The van der Waals surface area contributed by atoms with Crippen LogP contribution in [0.1, 0.15) is 109 Å². The van der Waals surface area contributed by atoms with Crippen LogP contribution in [0, 0.1) is 0 Å². The number of furan rings is 1. The largest absolute Gasteiger partial charge is 0.456 e. The topological polar surface area (TPSA) is 25.2 Å². The summed E-state index contributed by atoms with van der Waals surface area (Å²) in [6.45, 7) is 0. The van der Waals surface area contributed by atoms with Gasteiger partial charge in [0.1, 0.15) is 11.2 Å². The van der Waals surface area contributed by atoms with Gasteiger partial charge in [-0.25, -0.2) is 0 Å². The monoisotopic (exact) mass is 661 g/mol. The fraction of sp³-hybridized carbons (Fsp3) is 0.265. The van der Waals surface area contributed by atoms with Crippen molar-refractivity contribution in [1.82, 2.24) is 0 Å². The van der Waals surface area contributed by atoms with Crippen LogP contribution < -0.4 is 5.32 Å². The van der Waals surface area contributed by atoms with Crippen LogP contribution in [0.3, 0.4) is 0 Å². The highest BCUT2D eigenvalue weighted by atomic mass is 16.3. The third-order valence-corrected chi connectivity index (χ3v) is 13.1. The van der Waals surface area contributed by atoms with Gasteiger partial charge in [0.05, 0.1) is 5.41 Å². The lowest BCUT2D eigenvalue weighted by Gasteiger charge is -2.32. The zero-order chi connectivity index (χ0) is 33.5. The SMILES string of the molecule is c1ccc2c(c1)-c1c(Nc3ccc4oc5ccccc5c4c3)cccc1C21c2cc(C3CCCCC3)ccc2-c2ccc(C3CCCCC3)cc21. The van der Waals surface area contributed by atoms with Crippen molar-refractivity contribution in [3.8, 4) is 22.3 Å².